The highest BCUT2D eigenvalue weighted by Gasteiger charge is 2.29. The summed E-state index contributed by atoms with van der Waals surface area (Å²) in [7, 11) is 1.99. The van der Waals surface area contributed by atoms with Crippen LogP contribution >= 0.6 is 0 Å². The normalized spacial score (nSPS) is 26.0. The number of likely N-dealkylation sites (N-methyl/N-ethyl adjacent to an activating group) is 1. The monoisotopic (exact) mass is 199 g/mol. The zero-order chi connectivity index (χ0) is 10.6. The Balaban J connectivity index is 2.13. The summed E-state index contributed by atoms with van der Waals surface area (Å²) in [4.78, 5) is 13.4. The third kappa shape index (κ3) is 3.27. The Morgan fingerprint density at radius 2 is 2.21 bits per heavy atom. The lowest BCUT2D eigenvalue weighted by Crippen LogP contribution is -2.51. The second kappa shape index (κ2) is 5.32. The largest absolute Gasteiger partial charge is 0.355 e. The van der Waals surface area contributed by atoms with Crippen molar-refractivity contribution in [1.82, 2.24) is 10.2 Å². The highest BCUT2D eigenvalue weighted by atomic mass is 16.2. The Kier molecular flexibility index (Phi) is 4.35. The van der Waals surface area contributed by atoms with Crippen molar-refractivity contribution in [3.8, 4) is 0 Å². The number of nitrogens with zero attached hydrogens (tertiary/aromatic N) is 1. The molecule has 0 heterocycles. The van der Waals surface area contributed by atoms with Crippen molar-refractivity contribution in [3.05, 3.63) is 0 Å². The van der Waals surface area contributed by atoms with Crippen LogP contribution in [0.15, 0.2) is 0 Å². The highest BCUT2D eigenvalue weighted by molar-refractivity contribution is 5.77. The van der Waals surface area contributed by atoms with E-state index in [0.717, 1.165) is 25.8 Å². The Morgan fingerprint density at radius 3 is 2.71 bits per heavy atom. The number of amides is 1. The standard InChI is InChI=1S/C10H21N3O/c1-3-4-12-10(14)7-13(2)9-5-8(11)6-9/h8-9H,3-7,11H2,1-2H3,(H,12,14). The second-order valence-electron chi connectivity index (χ2n) is 4.15. The maximum absolute atomic E-state index is 11.4. The predicted octanol–water partition coefficient (Wildman–Crippen LogP) is -0.0659. The van der Waals surface area contributed by atoms with Gasteiger partial charge in [0.25, 0.3) is 0 Å². The fourth-order valence-electron chi connectivity index (χ4n) is 1.67. The van der Waals surface area contributed by atoms with Gasteiger partial charge in [-0.15, -0.1) is 0 Å². The van der Waals surface area contributed by atoms with E-state index in [9.17, 15) is 4.79 Å². The average molecular weight is 199 g/mol. The summed E-state index contributed by atoms with van der Waals surface area (Å²) >= 11 is 0. The van der Waals surface area contributed by atoms with Gasteiger partial charge in [0.15, 0.2) is 0 Å². The van der Waals surface area contributed by atoms with Gasteiger partial charge in [0.1, 0.15) is 0 Å². The van der Waals surface area contributed by atoms with Gasteiger partial charge in [0.2, 0.25) is 5.91 Å². The molecule has 0 aromatic heterocycles. The number of nitrogens with two attached hydrogens (primary N) is 1. The number of nitrogens with one attached hydrogen (secondary N) is 1. The van der Waals surface area contributed by atoms with Crippen molar-refractivity contribution in [3.63, 3.8) is 0 Å². The highest BCUT2D eigenvalue weighted by Crippen LogP contribution is 2.22. The first-order valence-electron chi connectivity index (χ1n) is 5.36. The van der Waals surface area contributed by atoms with Crippen LogP contribution < -0.4 is 11.1 Å². The maximum Gasteiger partial charge on any atom is 0.234 e. The first kappa shape index (κ1) is 11.5. The third-order valence-electron chi connectivity index (χ3n) is 2.74. The number of carbonyl (C=O) groups is 1. The Hall–Kier alpha value is -0.610. The quantitative estimate of drug-likeness (QED) is 0.652. The van der Waals surface area contributed by atoms with Crippen molar-refractivity contribution in [2.75, 3.05) is 20.1 Å². The molecule has 0 aliphatic heterocycles. The molecule has 1 saturated carbocycles. The summed E-state index contributed by atoms with van der Waals surface area (Å²) in [6, 6.07) is 0.860. The SMILES string of the molecule is CCCNC(=O)CN(C)C1CC(N)C1. The van der Waals surface area contributed by atoms with E-state index in [4.69, 9.17) is 5.73 Å². The minimum atomic E-state index is 0.120. The van der Waals surface area contributed by atoms with Crippen LogP contribution in [0.25, 0.3) is 0 Å². The minimum absolute atomic E-state index is 0.120. The van der Waals surface area contributed by atoms with Crippen molar-refractivity contribution in [2.45, 2.75) is 38.3 Å². The lowest BCUT2D eigenvalue weighted by atomic mass is 9.86. The second-order valence-corrected chi connectivity index (χ2v) is 4.15. The molecule has 0 aromatic rings. The van der Waals surface area contributed by atoms with Crippen molar-refractivity contribution >= 4 is 5.91 Å². The van der Waals surface area contributed by atoms with E-state index < -0.39 is 0 Å². The molecular weight excluding hydrogens is 178 g/mol. The molecular formula is C10H21N3O. The molecule has 0 saturated heterocycles. The number of carbonyl (C=O) groups excluding carboxylic acids is 1. The first-order valence-corrected chi connectivity index (χ1v) is 5.36. The van der Waals surface area contributed by atoms with Gasteiger partial charge in [-0.3, -0.25) is 9.69 Å². The number of hydrogen-bond donors (Lipinski definition) is 2. The minimum Gasteiger partial charge on any atom is -0.355 e. The third-order valence-corrected chi connectivity index (χ3v) is 2.74. The Bertz CT molecular complexity index is 190. The molecule has 0 unspecified atom stereocenters. The molecule has 1 aliphatic rings. The lowest BCUT2D eigenvalue weighted by molar-refractivity contribution is -0.122. The molecule has 0 bridgehead atoms. The van der Waals surface area contributed by atoms with Crippen molar-refractivity contribution < 1.29 is 4.79 Å². The van der Waals surface area contributed by atoms with E-state index in [1.807, 2.05) is 7.05 Å². The lowest BCUT2D eigenvalue weighted by Gasteiger charge is -2.38. The molecule has 0 radical (unpaired) electrons. The van der Waals surface area contributed by atoms with Crippen LogP contribution in [-0.2, 0) is 4.79 Å². The van der Waals surface area contributed by atoms with Gasteiger partial charge in [-0.1, -0.05) is 6.92 Å². The summed E-state index contributed by atoms with van der Waals surface area (Å²) in [5.41, 5.74) is 5.69. The van der Waals surface area contributed by atoms with Gasteiger partial charge in [0, 0.05) is 18.6 Å². The van der Waals surface area contributed by atoms with E-state index in [0.29, 0.717) is 18.6 Å². The molecule has 1 fully saturated rings. The smallest absolute Gasteiger partial charge is 0.234 e. The maximum atomic E-state index is 11.4. The molecule has 1 aliphatic carbocycles. The van der Waals surface area contributed by atoms with Crippen LogP contribution in [0.3, 0.4) is 0 Å². The summed E-state index contributed by atoms with van der Waals surface area (Å²) in [5, 5.41) is 2.87. The summed E-state index contributed by atoms with van der Waals surface area (Å²) in [6.45, 7) is 3.32. The summed E-state index contributed by atoms with van der Waals surface area (Å²) in [6.07, 6.45) is 3.04. The molecule has 0 aromatic carbocycles. The molecule has 14 heavy (non-hydrogen) atoms. The topological polar surface area (TPSA) is 58.4 Å². The van der Waals surface area contributed by atoms with Crippen LogP contribution in [0.1, 0.15) is 26.2 Å². The molecule has 0 atom stereocenters. The molecule has 4 heteroatoms. The van der Waals surface area contributed by atoms with Gasteiger partial charge < -0.3 is 11.1 Å². The predicted molar refractivity (Wildman–Crippen MR) is 56.9 cm³/mol. The number of rotatable bonds is 5. The van der Waals surface area contributed by atoms with Gasteiger partial charge in [-0.05, 0) is 26.3 Å². The molecule has 3 N–H and O–H groups in total. The van der Waals surface area contributed by atoms with E-state index in [1.165, 1.54) is 0 Å². The number of hydrogen-bond acceptors (Lipinski definition) is 3. The summed E-state index contributed by atoms with van der Waals surface area (Å²) < 4.78 is 0. The van der Waals surface area contributed by atoms with E-state index in [2.05, 4.69) is 17.1 Å². The first-order chi connectivity index (χ1) is 6.63. The van der Waals surface area contributed by atoms with E-state index in [-0.39, 0.29) is 5.91 Å². The van der Waals surface area contributed by atoms with E-state index in [1.54, 1.807) is 0 Å². The van der Waals surface area contributed by atoms with Gasteiger partial charge in [0.05, 0.1) is 6.54 Å². The van der Waals surface area contributed by atoms with Crippen molar-refractivity contribution in [2.24, 2.45) is 5.73 Å². The van der Waals surface area contributed by atoms with Crippen LogP contribution in [0, 0.1) is 0 Å². The average Bonchev–Trinajstić information content (AvgIpc) is 2.09. The Labute approximate surface area is 85.8 Å². The van der Waals surface area contributed by atoms with Gasteiger partial charge in [-0.2, -0.15) is 0 Å². The molecule has 1 amide bonds. The molecule has 1 rings (SSSR count). The zero-order valence-electron chi connectivity index (χ0n) is 9.12. The zero-order valence-corrected chi connectivity index (χ0v) is 9.12. The fraction of sp³-hybridized carbons (Fsp3) is 0.900. The summed E-state index contributed by atoms with van der Waals surface area (Å²) in [5.74, 6) is 0.120. The van der Waals surface area contributed by atoms with Crippen LogP contribution in [0.5, 0.6) is 0 Å². The van der Waals surface area contributed by atoms with Crippen LogP contribution in [-0.4, -0.2) is 43.0 Å². The fourth-order valence-corrected chi connectivity index (χ4v) is 1.67. The van der Waals surface area contributed by atoms with Crippen LogP contribution in [0.4, 0.5) is 0 Å². The van der Waals surface area contributed by atoms with E-state index >= 15 is 0 Å². The van der Waals surface area contributed by atoms with Crippen LogP contribution in [0.2, 0.25) is 0 Å². The van der Waals surface area contributed by atoms with Crippen molar-refractivity contribution in [1.29, 1.82) is 0 Å². The Morgan fingerprint density at radius 1 is 1.57 bits per heavy atom. The molecule has 4 nitrogen and oxygen atoms in total. The molecule has 82 valence electrons. The van der Waals surface area contributed by atoms with Gasteiger partial charge in [-0.25, -0.2) is 0 Å². The molecule has 0 spiro atoms. The van der Waals surface area contributed by atoms with Gasteiger partial charge >= 0.3 is 0 Å².